The van der Waals surface area contributed by atoms with Crippen molar-refractivity contribution in [3.05, 3.63) is 58.7 Å². The third-order valence-electron chi connectivity index (χ3n) is 3.14. The summed E-state index contributed by atoms with van der Waals surface area (Å²) in [6.45, 7) is 0. The van der Waals surface area contributed by atoms with Crippen molar-refractivity contribution >= 4 is 23.2 Å². The smallest absolute Gasteiger partial charge is 0.335 e. The van der Waals surface area contributed by atoms with E-state index in [0.29, 0.717) is 15.7 Å². The summed E-state index contributed by atoms with van der Waals surface area (Å²) in [5, 5.41) is 8.85. The van der Waals surface area contributed by atoms with Crippen LogP contribution in [0.3, 0.4) is 0 Å². The van der Waals surface area contributed by atoms with Crippen LogP contribution in [0, 0.1) is 0 Å². The second-order valence-corrected chi connectivity index (χ2v) is 5.37. The maximum absolute atomic E-state index is 6.23. The van der Waals surface area contributed by atoms with E-state index in [1.54, 1.807) is 12.3 Å². The average Bonchev–Trinajstić information content (AvgIpc) is 2.55. The number of hydrogen-bond acceptors (Lipinski definition) is 4. The Morgan fingerprint density at radius 2 is 1.68 bits per heavy atom. The van der Waals surface area contributed by atoms with Gasteiger partial charge in [-0.25, -0.2) is 0 Å². The first-order chi connectivity index (χ1) is 10.7. The van der Waals surface area contributed by atoms with E-state index >= 15 is 0 Å². The van der Waals surface area contributed by atoms with Crippen LogP contribution >= 0.6 is 23.2 Å². The fourth-order valence-electron chi connectivity index (χ4n) is 2.06. The van der Waals surface area contributed by atoms with Crippen molar-refractivity contribution in [2.45, 2.75) is 0 Å². The van der Waals surface area contributed by atoms with Crippen molar-refractivity contribution in [2.24, 2.45) is 0 Å². The van der Waals surface area contributed by atoms with Gasteiger partial charge in [0.25, 0.3) is 0 Å². The molecule has 0 N–H and O–H groups in total. The van der Waals surface area contributed by atoms with Gasteiger partial charge in [0.05, 0.1) is 19.0 Å². The molecule has 0 atom stereocenters. The van der Waals surface area contributed by atoms with Gasteiger partial charge < -0.3 is 4.74 Å². The highest BCUT2D eigenvalue weighted by molar-refractivity contribution is 6.36. The molecule has 110 valence electrons. The molecule has 0 aliphatic carbocycles. The normalized spacial score (nSPS) is 10.5. The molecule has 0 fully saturated rings. The number of methoxy groups -OCH3 is 1. The first-order valence-electron chi connectivity index (χ1n) is 6.47. The molecular formula is C16H11Cl2N3O. The molecular weight excluding hydrogens is 321 g/mol. The summed E-state index contributed by atoms with van der Waals surface area (Å²) in [7, 11) is 1.51. The Morgan fingerprint density at radius 1 is 0.955 bits per heavy atom. The SMILES string of the molecule is COc1nncc(-c2ccc(-c3ccc(Cl)cc3Cl)cc2)n1. The quantitative estimate of drug-likeness (QED) is 0.707. The molecule has 0 saturated carbocycles. The second kappa shape index (κ2) is 6.30. The van der Waals surface area contributed by atoms with Crippen molar-refractivity contribution in [2.75, 3.05) is 7.11 Å². The Labute approximate surface area is 137 Å². The molecule has 0 amide bonds. The van der Waals surface area contributed by atoms with E-state index in [1.807, 2.05) is 36.4 Å². The van der Waals surface area contributed by atoms with Crippen LogP contribution in [0.5, 0.6) is 6.01 Å². The molecule has 3 rings (SSSR count). The zero-order valence-corrected chi connectivity index (χ0v) is 13.1. The lowest BCUT2D eigenvalue weighted by Crippen LogP contribution is -1.95. The number of benzene rings is 2. The second-order valence-electron chi connectivity index (χ2n) is 4.53. The highest BCUT2D eigenvalue weighted by Crippen LogP contribution is 2.31. The van der Waals surface area contributed by atoms with Crippen LogP contribution in [-0.4, -0.2) is 22.3 Å². The minimum absolute atomic E-state index is 0.238. The van der Waals surface area contributed by atoms with Crippen LogP contribution in [0.25, 0.3) is 22.4 Å². The average molecular weight is 332 g/mol. The van der Waals surface area contributed by atoms with Crippen LogP contribution in [0.1, 0.15) is 0 Å². The molecule has 1 aromatic heterocycles. The number of ether oxygens (including phenoxy) is 1. The van der Waals surface area contributed by atoms with Gasteiger partial charge in [-0.2, -0.15) is 10.1 Å². The zero-order valence-electron chi connectivity index (χ0n) is 11.6. The number of rotatable bonds is 3. The molecule has 0 bridgehead atoms. The molecule has 0 spiro atoms. The van der Waals surface area contributed by atoms with Gasteiger partial charge in [0.2, 0.25) is 0 Å². The third kappa shape index (κ3) is 3.03. The first kappa shape index (κ1) is 14.8. The number of hydrogen-bond donors (Lipinski definition) is 0. The van der Waals surface area contributed by atoms with Crippen LogP contribution in [0.2, 0.25) is 10.0 Å². The van der Waals surface area contributed by atoms with E-state index in [-0.39, 0.29) is 6.01 Å². The Hall–Kier alpha value is -2.17. The van der Waals surface area contributed by atoms with Crippen molar-refractivity contribution < 1.29 is 4.74 Å². The van der Waals surface area contributed by atoms with E-state index in [4.69, 9.17) is 27.9 Å². The van der Waals surface area contributed by atoms with Gasteiger partial charge in [-0.1, -0.05) is 58.6 Å². The van der Waals surface area contributed by atoms with Crippen LogP contribution in [0.15, 0.2) is 48.7 Å². The predicted octanol–water partition coefficient (Wildman–Crippen LogP) is 4.52. The van der Waals surface area contributed by atoms with Crippen LogP contribution < -0.4 is 4.74 Å². The standard InChI is InChI=1S/C16H11Cl2N3O/c1-22-16-20-15(9-19-21-16)11-4-2-10(3-5-11)13-7-6-12(17)8-14(13)18/h2-9H,1H3. The highest BCUT2D eigenvalue weighted by Gasteiger charge is 2.07. The van der Waals surface area contributed by atoms with Gasteiger partial charge in [0.15, 0.2) is 0 Å². The highest BCUT2D eigenvalue weighted by atomic mass is 35.5. The fraction of sp³-hybridized carbons (Fsp3) is 0.0625. The largest absolute Gasteiger partial charge is 0.466 e. The van der Waals surface area contributed by atoms with Crippen molar-refractivity contribution in [1.29, 1.82) is 0 Å². The minimum atomic E-state index is 0.238. The molecule has 6 heteroatoms. The summed E-state index contributed by atoms with van der Waals surface area (Å²) in [4.78, 5) is 4.25. The summed E-state index contributed by atoms with van der Waals surface area (Å²) in [5.74, 6) is 0. The van der Waals surface area contributed by atoms with Gasteiger partial charge in [-0.05, 0) is 17.7 Å². The molecule has 0 radical (unpaired) electrons. The zero-order chi connectivity index (χ0) is 15.5. The van der Waals surface area contributed by atoms with E-state index < -0.39 is 0 Å². The Bertz CT molecular complexity index is 807. The van der Waals surface area contributed by atoms with E-state index in [0.717, 1.165) is 16.7 Å². The Morgan fingerprint density at radius 3 is 2.36 bits per heavy atom. The Kier molecular flexibility index (Phi) is 4.22. The maximum Gasteiger partial charge on any atom is 0.335 e. The predicted molar refractivity (Wildman–Crippen MR) is 87.3 cm³/mol. The summed E-state index contributed by atoms with van der Waals surface area (Å²) in [5.41, 5.74) is 3.54. The molecule has 0 aliphatic heterocycles. The molecule has 3 aromatic rings. The molecule has 0 unspecified atom stereocenters. The molecule has 0 saturated heterocycles. The third-order valence-corrected chi connectivity index (χ3v) is 3.69. The van der Waals surface area contributed by atoms with Gasteiger partial charge in [-0.3, -0.25) is 0 Å². The topological polar surface area (TPSA) is 47.9 Å². The minimum Gasteiger partial charge on any atom is -0.466 e. The summed E-state index contributed by atoms with van der Waals surface area (Å²) in [6.07, 6.45) is 1.59. The lowest BCUT2D eigenvalue weighted by Gasteiger charge is -2.07. The monoisotopic (exact) mass is 331 g/mol. The van der Waals surface area contributed by atoms with Crippen molar-refractivity contribution in [3.63, 3.8) is 0 Å². The fourth-order valence-corrected chi connectivity index (χ4v) is 2.57. The molecule has 22 heavy (non-hydrogen) atoms. The van der Waals surface area contributed by atoms with Crippen molar-refractivity contribution in [1.82, 2.24) is 15.2 Å². The lowest BCUT2D eigenvalue weighted by atomic mass is 10.0. The van der Waals surface area contributed by atoms with Crippen LogP contribution in [0.4, 0.5) is 0 Å². The first-order valence-corrected chi connectivity index (χ1v) is 7.22. The number of nitrogens with zero attached hydrogens (tertiary/aromatic N) is 3. The molecule has 4 nitrogen and oxygen atoms in total. The number of halogens is 2. The molecule has 1 heterocycles. The van der Waals surface area contributed by atoms with E-state index in [2.05, 4.69) is 15.2 Å². The van der Waals surface area contributed by atoms with Crippen LogP contribution in [-0.2, 0) is 0 Å². The maximum atomic E-state index is 6.23. The van der Waals surface area contributed by atoms with E-state index in [1.165, 1.54) is 7.11 Å². The van der Waals surface area contributed by atoms with Crippen molar-refractivity contribution in [3.8, 4) is 28.4 Å². The molecule has 2 aromatic carbocycles. The Balaban J connectivity index is 1.95. The molecule has 0 aliphatic rings. The van der Waals surface area contributed by atoms with Gasteiger partial charge in [0.1, 0.15) is 0 Å². The summed E-state index contributed by atoms with van der Waals surface area (Å²) in [6, 6.07) is 13.5. The van der Waals surface area contributed by atoms with Gasteiger partial charge in [0, 0.05) is 21.2 Å². The lowest BCUT2D eigenvalue weighted by molar-refractivity contribution is 0.374. The number of aromatic nitrogens is 3. The van der Waals surface area contributed by atoms with E-state index in [9.17, 15) is 0 Å². The van der Waals surface area contributed by atoms with Gasteiger partial charge >= 0.3 is 6.01 Å². The van der Waals surface area contributed by atoms with Gasteiger partial charge in [-0.15, -0.1) is 0 Å². The summed E-state index contributed by atoms with van der Waals surface area (Å²) < 4.78 is 4.98. The summed E-state index contributed by atoms with van der Waals surface area (Å²) >= 11 is 12.1.